The molecule has 1 aromatic heterocycles. The smallest absolute Gasteiger partial charge is 0.411 e. The highest BCUT2D eigenvalue weighted by Crippen LogP contribution is 2.13. The number of amides is 1. The highest BCUT2D eigenvalue weighted by atomic mass is 19.4. The number of nitrogens with one attached hydrogen (secondary N) is 1. The molecule has 16 heavy (non-hydrogen) atoms. The molecule has 0 bridgehead atoms. The Labute approximate surface area is 89.4 Å². The average Bonchev–Trinajstić information content (AvgIpc) is 2.67. The van der Waals surface area contributed by atoms with Crippen LogP contribution in [0.2, 0.25) is 0 Å². The normalized spacial score (nSPS) is 11.4. The van der Waals surface area contributed by atoms with Crippen molar-refractivity contribution in [3.8, 4) is 0 Å². The third kappa shape index (κ3) is 4.83. The van der Waals surface area contributed by atoms with Crippen molar-refractivity contribution in [2.24, 2.45) is 0 Å². The second kappa shape index (κ2) is 5.55. The summed E-state index contributed by atoms with van der Waals surface area (Å²) in [5.41, 5.74) is 0. The third-order valence-corrected chi connectivity index (χ3v) is 1.54. The van der Waals surface area contributed by atoms with Gasteiger partial charge in [-0.25, -0.2) is 0 Å². The first kappa shape index (κ1) is 12.6. The number of hydrogen-bond donors (Lipinski definition) is 1. The summed E-state index contributed by atoms with van der Waals surface area (Å²) in [4.78, 5) is 11.2. The maximum absolute atomic E-state index is 11.6. The van der Waals surface area contributed by atoms with Crippen LogP contribution in [0.5, 0.6) is 0 Å². The van der Waals surface area contributed by atoms with Crippen LogP contribution in [0.1, 0.15) is 10.6 Å². The summed E-state index contributed by atoms with van der Waals surface area (Å²) in [6.07, 6.45) is -3.01. The van der Waals surface area contributed by atoms with Crippen LogP contribution in [-0.2, 0) is 4.74 Å². The van der Waals surface area contributed by atoms with E-state index in [-0.39, 0.29) is 18.9 Å². The number of ether oxygens (including phenoxy) is 1. The molecule has 7 heteroatoms. The molecule has 1 amide bonds. The number of furan rings is 1. The van der Waals surface area contributed by atoms with E-state index < -0.39 is 18.7 Å². The molecule has 0 fully saturated rings. The number of halogens is 3. The first-order valence-electron chi connectivity index (χ1n) is 4.45. The van der Waals surface area contributed by atoms with E-state index in [1.165, 1.54) is 18.4 Å². The van der Waals surface area contributed by atoms with Crippen LogP contribution in [0.25, 0.3) is 0 Å². The van der Waals surface area contributed by atoms with Crippen LogP contribution in [-0.4, -0.2) is 31.8 Å². The fourth-order valence-electron chi connectivity index (χ4n) is 0.920. The average molecular weight is 237 g/mol. The van der Waals surface area contributed by atoms with Crippen LogP contribution in [0.3, 0.4) is 0 Å². The SMILES string of the molecule is O=C(NCCOCC(F)(F)F)c1ccco1. The highest BCUT2D eigenvalue weighted by molar-refractivity contribution is 5.91. The topological polar surface area (TPSA) is 51.5 Å². The largest absolute Gasteiger partial charge is 0.459 e. The van der Waals surface area contributed by atoms with Gasteiger partial charge in [-0.2, -0.15) is 13.2 Å². The number of hydrogen-bond acceptors (Lipinski definition) is 3. The Morgan fingerprint density at radius 1 is 1.50 bits per heavy atom. The lowest BCUT2D eigenvalue weighted by atomic mass is 10.4. The molecule has 0 unspecified atom stereocenters. The maximum atomic E-state index is 11.6. The Kier molecular flexibility index (Phi) is 4.36. The first-order chi connectivity index (χ1) is 7.49. The zero-order valence-corrected chi connectivity index (χ0v) is 8.21. The standard InChI is InChI=1S/C9H10F3NO3/c10-9(11,12)6-15-5-3-13-8(14)7-2-1-4-16-7/h1-2,4H,3,5-6H2,(H,13,14). The first-order valence-corrected chi connectivity index (χ1v) is 4.45. The van der Waals surface area contributed by atoms with E-state index in [2.05, 4.69) is 10.1 Å². The van der Waals surface area contributed by atoms with Gasteiger partial charge in [0.1, 0.15) is 6.61 Å². The van der Waals surface area contributed by atoms with Crippen molar-refractivity contribution in [1.29, 1.82) is 0 Å². The lowest BCUT2D eigenvalue weighted by molar-refractivity contribution is -0.173. The van der Waals surface area contributed by atoms with Crippen LogP contribution in [0.15, 0.2) is 22.8 Å². The monoisotopic (exact) mass is 237 g/mol. The van der Waals surface area contributed by atoms with Gasteiger partial charge >= 0.3 is 6.18 Å². The predicted molar refractivity (Wildman–Crippen MR) is 47.9 cm³/mol. The minimum absolute atomic E-state index is 0.00435. The molecular formula is C9H10F3NO3. The minimum atomic E-state index is -4.34. The van der Waals surface area contributed by atoms with Crippen molar-refractivity contribution < 1.29 is 27.1 Å². The molecule has 0 aliphatic carbocycles. The van der Waals surface area contributed by atoms with Gasteiger partial charge in [-0.3, -0.25) is 4.79 Å². The molecule has 0 saturated carbocycles. The lowest BCUT2D eigenvalue weighted by Gasteiger charge is -2.07. The van der Waals surface area contributed by atoms with Crippen molar-refractivity contribution >= 4 is 5.91 Å². The van der Waals surface area contributed by atoms with Crippen molar-refractivity contribution in [3.63, 3.8) is 0 Å². The molecule has 0 spiro atoms. The molecule has 0 aliphatic rings. The van der Waals surface area contributed by atoms with E-state index in [0.717, 1.165) is 0 Å². The second-order valence-electron chi connectivity index (χ2n) is 2.90. The number of carbonyl (C=O) groups excluding carboxylic acids is 1. The molecule has 0 radical (unpaired) electrons. The highest BCUT2D eigenvalue weighted by Gasteiger charge is 2.27. The third-order valence-electron chi connectivity index (χ3n) is 1.54. The van der Waals surface area contributed by atoms with Crippen LogP contribution < -0.4 is 5.32 Å². The van der Waals surface area contributed by atoms with Gasteiger partial charge < -0.3 is 14.5 Å². The van der Waals surface area contributed by atoms with Gasteiger partial charge in [0.2, 0.25) is 0 Å². The van der Waals surface area contributed by atoms with E-state index >= 15 is 0 Å². The van der Waals surface area contributed by atoms with E-state index in [0.29, 0.717) is 0 Å². The summed E-state index contributed by atoms with van der Waals surface area (Å²) in [7, 11) is 0. The van der Waals surface area contributed by atoms with E-state index in [9.17, 15) is 18.0 Å². The van der Waals surface area contributed by atoms with Crippen molar-refractivity contribution in [2.75, 3.05) is 19.8 Å². The van der Waals surface area contributed by atoms with Crippen LogP contribution >= 0.6 is 0 Å². The zero-order chi connectivity index (χ0) is 12.0. The quantitative estimate of drug-likeness (QED) is 0.791. The summed E-state index contributed by atoms with van der Waals surface area (Å²) >= 11 is 0. The summed E-state index contributed by atoms with van der Waals surface area (Å²) in [6.45, 7) is -1.52. The maximum Gasteiger partial charge on any atom is 0.411 e. The van der Waals surface area contributed by atoms with Crippen LogP contribution in [0, 0.1) is 0 Å². The Balaban J connectivity index is 2.10. The van der Waals surface area contributed by atoms with Gasteiger partial charge in [-0.15, -0.1) is 0 Å². The lowest BCUT2D eigenvalue weighted by Crippen LogP contribution is -2.28. The van der Waals surface area contributed by atoms with Gasteiger partial charge in [0, 0.05) is 6.54 Å². The van der Waals surface area contributed by atoms with Gasteiger partial charge in [0.05, 0.1) is 12.9 Å². The summed E-state index contributed by atoms with van der Waals surface area (Å²) in [6, 6.07) is 2.99. The molecule has 90 valence electrons. The molecule has 1 N–H and O–H groups in total. The predicted octanol–water partition coefficient (Wildman–Crippen LogP) is 1.59. The molecular weight excluding hydrogens is 227 g/mol. The molecule has 4 nitrogen and oxygen atoms in total. The van der Waals surface area contributed by atoms with Gasteiger partial charge in [0.25, 0.3) is 5.91 Å². The molecule has 1 heterocycles. The Bertz CT molecular complexity index is 321. The molecule has 1 rings (SSSR count). The summed E-state index contributed by atoms with van der Waals surface area (Å²) in [5.74, 6) is -0.378. The van der Waals surface area contributed by atoms with Crippen molar-refractivity contribution in [1.82, 2.24) is 5.32 Å². The minimum Gasteiger partial charge on any atom is -0.459 e. The van der Waals surface area contributed by atoms with Gasteiger partial charge in [0.15, 0.2) is 5.76 Å². The Hall–Kier alpha value is -1.50. The summed E-state index contributed by atoms with van der Waals surface area (Å²) < 4.78 is 44.0. The molecule has 0 aliphatic heterocycles. The van der Waals surface area contributed by atoms with E-state index in [1.807, 2.05) is 0 Å². The number of alkyl halides is 3. The summed E-state index contributed by atoms with van der Waals surface area (Å²) in [5, 5.41) is 2.35. The number of rotatable bonds is 5. The Morgan fingerprint density at radius 2 is 2.25 bits per heavy atom. The van der Waals surface area contributed by atoms with Crippen molar-refractivity contribution in [3.05, 3.63) is 24.2 Å². The second-order valence-corrected chi connectivity index (χ2v) is 2.90. The van der Waals surface area contributed by atoms with Gasteiger partial charge in [-0.1, -0.05) is 0 Å². The van der Waals surface area contributed by atoms with Crippen LogP contribution in [0.4, 0.5) is 13.2 Å². The zero-order valence-electron chi connectivity index (χ0n) is 8.21. The van der Waals surface area contributed by atoms with Crippen molar-refractivity contribution in [2.45, 2.75) is 6.18 Å². The molecule has 0 saturated heterocycles. The fraction of sp³-hybridized carbons (Fsp3) is 0.444. The van der Waals surface area contributed by atoms with Gasteiger partial charge in [-0.05, 0) is 12.1 Å². The molecule has 0 aromatic carbocycles. The molecule has 1 aromatic rings. The number of carbonyl (C=O) groups is 1. The van der Waals surface area contributed by atoms with E-state index in [4.69, 9.17) is 4.42 Å². The fourth-order valence-corrected chi connectivity index (χ4v) is 0.920. The van der Waals surface area contributed by atoms with E-state index in [1.54, 1.807) is 0 Å². The Morgan fingerprint density at radius 3 is 2.81 bits per heavy atom. The molecule has 0 atom stereocenters.